The van der Waals surface area contributed by atoms with E-state index in [1.807, 2.05) is 18.2 Å². The Balaban J connectivity index is 1.83. The van der Waals surface area contributed by atoms with Gasteiger partial charge in [-0.2, -0.15) is 0 Å². The number of anilines is 2. The summed E-state index contributed by atoms with van der Waals surface area (Å²) < 4.78 is 25.5. The van der Waals surface area contributed by atoms with Crippen LogP contribution in [-0.4, -0.2) is 25.7 Å². The van der Waals surface area contributed by atoms with Crippen molar-refractivity contribution >= 4 is 44.8 Å². The Morgan fingerprint density at radius 1 is 1.19 bits per heavy atom. The molecule has 7 heteroatoms. The highest BCUT2D eigenvalue weighted by atomic mass is 35.5. The first-order valence-corrected chi connectivity index (χ1v) is 10.6. The number of aromatic nitrogens is 2. The average molecular weight is 406 g/mol. The van der Waals surface area contributed by atoms with E-state index in [9.17, 15) is 8.60 Å². The zero-order chi connectivity index (χ0) is 19.4. The molecule has 1 N–H and O–H groups in total. The molecule has 1 heterocycles. The van der Waals surface area contributed by atoms with E-state index in [2.05, 4.69) is 29.1 Å². The summed E-state index contributed by atoms with van der Waals surface area (Å²) in [6, 6.07) is 10.4. The van der Waals surface area contributed by atoms with Crippen LogP contribution in [0.25, 0.3) is 10.9 Å². The highest BCUT2D eigenvalue weighted by molar-refractivity contribution is 7.84. The van der Waals surface area contributed by atoms with Crippen molar-refractivity contribution in [2.75, 3.05) is 16.8 Å². The third-order valence-corrected chi connectivity index (χ3v) is 6.01. The molecular formula is C20H21ClFN3OS. The van der Waals surface area contributed by atoms with Crippen LogP contribution in [0, 0.1) is 11.7 Å². The zero-order valence-corrected chi connectivity index (χ0v) is 16.8. The predicted molar refractivity (Wildman–Crippen MR) is 111 cm³/mol. The molecule has 0 amide bonds. The second-order valence-corrected chi connectivity index (χ2v) is 8.81. The fourth-order valence-electron chi connectivity index (χ4n) is 2.76. The third kappa shape index (κ3) is 5.23. The van der Waals surface area contributed by atoms with Crippen molar-refractivity contribution in [3.05, 3.63) is 59.1 Å². The monoisotopic (exact) mass is 405 g/mol. The number of benzene rings is 2. The van der Waals surface area contributed by atoms with E-state index in [1.54, 1.807) is 6.07 Å². The fraction of sp³-hybridized carbons (Fsp3) is 0.300. The number of nitrogens with one attached hydrogen (secondary N) is 1. The molecule has 0 aliphatic rings. The number of fused-ring (bicyclic) bond motifs is 1. The van der Waals surface area contributed by atoms with E-state index in [-0.39, 0.29) is 5.02 Å². The van der Waals surface area contributed by atoms with Gasteiger partial charge in [0.05, 0.1) is 10.5 Å². The fourth-order valence-corrected chi connectivity index (χ4v) is 4.31. The van der Waals surface area contributed by atoms with Crippen molar-refractivity contribution in [1.82, 2.24) is 9.97 Å². The van der Waals surface area contributed by atoms with E-state index in [4.69, 9.17) is 11.6 Å². The largest absolute Gasteiger partial charge is 0.340 e. The molecule has 0 spiro atoms. The molecule has 0 bridgehead atoms. The first-order valence-electron chi connectivity index (χ1n) is 8.73. The van der Waals surface area contributed by atoms with Gasteiger partial charge in [0.25, 0.3) is 0 Å². The number of halogens is 2. The van der Waals surface area contributed by atoms with Gasteiger partial charge in [-0.05, 0) is 48.2 Å². The number of nitrogens with zero attached hydrogens (tertiary/aromatic N) is 2. The van der Waals surface area contributed by atoms with Crippen LogP contribution in [0.1, 0.15) is 19.4 Å². The van der Waals surface area contributed by atoms with Crippen LogP contribution >= 0.6 is 11.6 Å². The average Bonchev–Trinajstić information content (AvgIpc) is 2.63. The third-order valence-electron chi connectivity index (χ3n) is 4.02. The molecule has 0 aliphatic heterocycles. The molecule has 3 rings (SSSR count). The van der Waals surface area contributed by atoms with Gasteiger partial charge in [-0.3, -0.25) is 4.21 Å². The van der Waals surface area contributed by atoms with Crippen LogP contribution in [0.4, 0.5) is 15.9 Å². The van der Waals surface area contributed by atoms with Gasteiger partial charge in [0.1, 0.15) is 18.0 Å². The lowest BCUT2D eigenvalue weighted by atomic mass is 10.1. The minimum absolute atomic E-state index is 0.0479. The molecule has 3 aromatic rings. The maximum atomic E-state index is 13.4. The van der Waals surface area contributed by atoms with Crippen molar-refractivity contribution in [3.63, 3.8) is 0 Å². The molecule has 0 saturated carbocycles. The summed E-state index contributed by atoms with van der Waals surface area (Å²) in [5.41, 5.74) is 2.52. The predicted octanol–water partition coefficient (Wildman–Crippen LogP) is 5.11. The minimum Gasteiger partial charge on any atom is -0.340 e. The van der Waals surface area contributed by atoms with E-state index < -0.39 is 16.6 Å². The number of hydrogen-bond donors (Lipinski definition) is 1. The Bertz CT molecular complexity index is 981. The van der Waals surface area contributed by atoms with Gasteiger partial charge in [-0.15, -0.1) is 0 Å². The van der Waals surface area contributed by atoms with Crippen LogP contribution < -0.4 is 5.32 Å². The first-order chi connectivity index (χ1) is 12.9. The maximum Gasteiger partial charge on any atom is 0.141 e. The molecule has 0 saturated heterocycles. The van der Waals surface area contributed by atoms with Crippen LogP contribution in [-0.2, 0) is 17.2 Å². The Morgan fingerprint density at radius 2 is 2.00 bits per heavy atom. The Labute approximate surface area is 165 Å². The molecule has 1 aromatic heterocycles. The smallest absolute Gasteiger partial charge is 0.141 e. The molecule has 0 radical (unpaired) electrons. The minimum atomic E-state index is -0.823. The number of rotatable bonds is 7. The molecule has 27 heavy (non-hydrogen) atoms. The van der Waals surface area contributed by atoms with Crippen molar-refractivity contribution in [2.24, 2.45) is 5.92 Å². The van der Waals surface area contributed by atoms with Gasteiger partial charge in [-0.1, -0.05) is 31.5 Å². The Hall–Kier alpha value is -2.05. The molecule has 1 atom stereocenters. The summed E-state index contributed by atoms with van der Waals surface area (Å²) in [4.78, 5) is 8.60. The van der Waals surface area contributed by atoms with E-state index in [0.717, 1.165) is 28.6 Å². The van der Waals surface area contributed by atoms with Gasteiger partial charge >= 0.3 is 0 Å². The van der Waals surface area contributed by atoms with Gasteiger partial charge in [0, 0.05) is 33.4 Å². The van der Waals surface area contributed by atoms with E-state index >= 15 is 0 Å². The zero-order valence-electron chi connectivity index (χ0n) is 15.2. The Kier molecular flexibility index (Phi) is 6.39. The first kappa shape index (κ1) is 19.7. The summed E-state index contributed by atoms with van der Waals surface area (Å²) in [6.07, 6.45) is 2.21. The molecular weight excluding hydrogens is 385 g/mol. The van der Waals surface area contributed by atoms with E-state index in [0.29, 0.717) is 23.2 Å². The summed E-state index contributed by atoms with van der Waals surface area (Å²) in [5, 5.41) is 4.07. The standard InChI is InChI=1S/C20H21ClFN3OS/c1-13(2)11-27(26)8-7-14-3-6-19-16(9-14)20(24-12-23-19)25-15-4-5-18(22)17(21)10-15/h3-6,9-10,12-13H,7-8,11H2,1-2H3,(H,23,24,25). The lowest BCUT2D eigenvalue weighted by molar-refractivity contribution is 0.628. The molecule has 0 aliphatic carbocycles. The van der Waals surface area contributed by atoms with Gasteiger partial charge in [0.2, 0.25) is 0 Å². The maximum absolute atomic E-state index is 13.4. The molecule has 2 aromatic carbocycles. The van der Waals surface area contributed by atoms with Crippen LogP contribution in [0.15, 0.2) is 42.7 Å². The van der Waals surface area contributed by atoms with E-state index in [1.165, 1.54) is 18.5 Å². The van der Waals surface area contributed by atoms with Crippen LogP contribution in [0.2, 0.25) is 5.02 Å². The van der Waals surface area contributed by atoms with Gasteiger partial charge in [-0.25, -0.2) is 14.4 Å². The van der Waals surface area contributed by atoms with Crippen molar-refractivity contribution < 1.29 is 8.60 Å². The second kappa shape index (κ2) is 8.76. The molecule has 142 valence electrons. The van der Waals surface area contributed by atoms with Gasteiger partial charge in [0.15, 0.2) is 0 Å². The topological polar surface area (TPSA) is 54.9 Å². The number of aryl methyl sites for hydroxylation is 1. The lowest BCUT2D eigenvalue weighted by Gasteiger charge is -2.10. The highest BCUT2D eigenvalue weighted by Crippen LogP contribution is 2.26. The van der Waals surface area contributed by atoms with Gasteiger partial charge < -0.3 is 5.32 Å². The Morgan fingerprint density at radius 3 is 2.74 bits per heavy atom. The molecule has 4 nitrogen and oxygen atoms in total. The molecule has 0 fully saturated rings. The second-order valence-electron chi connectivity index (χ2n) is 6.78. The van der Waals surface area contributed by atoms with Crippen molar-refractivity contribution in [1.29, 1.82) is 0 Å². The number of hydrogen-bond acceptors (Lipinski definition) is 4. The van der Waals surface area contributed by atoms with Crippen LogP contribution in [0.3, 0.4) is 0 Å². The van der Waals surface area contributed by atoms with Crippen LogP contribution in [0.5, 0.6) is 0 Å². The lowest BCUT2D eigenvalue weighted by Crippen LogP contribution is -2.09. The summed E-state index contributed by atoms with van der Waals surface area (Å²) in [7, 11) is -0.823. The summed E-state index contributed by atoms with van der Waals surface area (Å²) >= 11 is 5.85. The quantitative estimate of drug-likeness (QED) is 0.593. The highest BCUT2D eigenvalue weighted by Gasteiger charge is 2.09. The normalized spacial score (nSPS) is 12.5. The summed E-state index contributed by atoms with van der Waals surface area (Å²) in [6.45, 7) is 4.15. The molecule has 1 unspecified atom stereocenters. The van der Waals surface area contributed by atoms with Crippen molar-refractivity contribution in [3.8, 4) is 0 Å². The van der Waals surface area contributed by atoms with Crippen molar-refractivity contribution in [2.45, 2.75) is 20.3 Å². The summed E-state index contributed by atoms with van der Waals surface area (Å²) in [5.74, 6) is 1.93. The SMILES string of the molecule is CC(C)CS(=O)CCc1ccc2ncnc(Nc3ccc(F)c(Cl)c3)c2c1.